The number of hydrogen-bond acceptors (Lipinski definition) is 5. The van der Waals surface area contributed by atoms with E-state index in [-0.39, 0.29) is 47.9 Å². The van der Waals surface area contributed by atoms with Crippen molar-refractivity contribution >= 4 is 37.9 Å². The molecule has 2 unspecified atom stereocenters. The number of amides is 2. The van der Waals surface area contributed by atoms with Gasteiger partial charge in [-0.15, -0.1) is 12.4 Å². The van der Waals surface area contributed by atoms with Gasteiger partial charge in [-0.3, -0.25) is 9.59 Å². The average Bonchev–Trinajstić information content (AvgIpc) is 2.30. The number of nitrogens with zero attached hydrogens (tertiary/aromatic N) is 1. The predicted molar refractivity (Wildman–Crippen MR) is 76.2 cm³/mol. The van der Waals surface area contributed by atoms with Crippen LogP contribution in [-0.4, -0.2) is 35.6 Å². The quantitative estimate of drug-likeness (QED) is 0.357. The zero-order chi connectivity index (χ0) is 15.1. The summed E-state index contributed by atoms with van der Waals surface area (Å²) in [5.41, 5.74) is -1.15. The fraction of sp³-hybridized carbons (Fsp3) is 0.727. The molecule has 0 radical (unpaired) electrons. The molecule has 0 fully saturated rings. The normalized spacial score (nSPS) is 21.5. The van der Waals surface area contributed by atoms with Crippen LogP contribution in [-0.2, 0) is 9.59 Å². The largest absolute Gasteiger partial charge is 1.00 e. The van der Waals surface area contributed by atoms with Crippen molar-refractivity contribution in [1.82, 2.24) is 5.32 Å². The second-order valence-corrected chi connectivity index (χ2v) is 4.33. The number of aliphatic imine (C=N–C) groups is 1. The van der Waals surface area contributed by atoms with Crippen molar-refractivity contribution in [2.75, 3.05) is 0 Å². The van der Waals surface area contributed by atoms with Crippen LogP contribution in [0.5, 0.6) is 0 Å². The van der Waals surface area contributed by atoms with Gasteiger partial charge in [0.2, 0.25) is 5.91 Å². The van der Waals surface area contributed by atoms with Crippen LogP contribution in [0.2, 0.25) is 0 Å². The van der Waals surface area contributed by atoms with Gasteiger partial charge in [0.15, 0.2) is 0 Å². The number of amidine groups is 1. The molecule has 7 nitrogen and oxygen atoms in total. The molecule has 0 saturated heterocycles. The first kappa shape index (κ1) is 25.8. The topological polar surface area (TPSA) is 122 Å². The van der Waals surface area contributed by atoms with Crippen molar-refractivity contribution in [3.8, 4) is 0 Å². The second kappa shape index (κ2) is 12.4. The van der Waals surface area contributed by atoms with Crippen LogP contribution >= 0.6 is 12.4 Å². The fourth-order valence-corrected chi connectivity index (χ4v) is 2.30. The molecule has 3 N–H and O–H groups in total. The molecule has 2 amide bonds. The van der Waals surface area contributed by atoms with Gasteiger partial charge in [0.1, 0.15) is 5.41 Å². The van der Waals surface area contributed by atoms with Crippen molar-refractivity contribution in [3.63, 3.8) is 0 Å². The van der Waals surface area contributed by atoms with Crippen LogP contribution in [0.15, 0.2) is 4.99 Å². The van der Waals surface area contributed by atoms with Gasteiger partial charge in [-0.05, 0) is 18.8 Å². The first-order chi connectivity index (χ1) is 8.90. The van der Waals surface area contributed by atoms with E-state index in [0.29, 0.717) is 6.42 Å². The molecular formula is C11H21BClN2NaO5. The summed E-state index contributed by atoms with van der Waals surface area (Å²) in [6, 6.07) is -0.845. The third-order valence-corrected chi connectivity index (χ3v) is 3.33. The summed E-state index contributed by atoms with van der Waals surface area (Å²) in [6.07, 6.45) is 2.02. The summed E-state index contributed by atoms with van der Waals surface area (Å²) < 4.78 is 0. The van der Waals surface area contributed by atoms with E-state index in [4.69, 9.17) is 10.0 Å². The molecule has 21 heavy (non-hydrogen) atoms. The molecule has 1 aliphatic rings. The van der Waals surface area contributed by atoms with Gasteiger partial charge in [0, 0.05) is 0 Å². The second-order valence-electron chi connectivity index (χ2n) is 4.33. The van der Waals surface area contributed by atoms with Gasteiger partial charge in [0.25, 0.3) is 5.91 Å². The Balaban J connectivity index is -0.000000596. The summed E-state index contributed by atoms with van der Waals surface area (Å²) >= 11 is 0. The van der Waals surface area contributed by atoms with Crippen LogP contribution in [0, 0.1) is 11.3 Å². The number of carbonyl (C=O) groups excluding carboxylic acids is 2. The van der Waals surface area contributed by atoms with Gasteiger partial charge in [-0.1, -0.05) is 27.2 Å². The van der Waals surface area contributed by atoms with Crippen LogP contribution in [0.1, 0.15) is 40.0 Å². The van der Waals surface area contributed by atoms with Crippen LogP contribution in [0.25, 0.3) is 0 Å². The summed E-state index contributed by atoms with van der Waals surface area (Å²) in [7, 11) is -0.750. The molecule has 2 atom stereocenters. The number of hydrogen-bond donors (Lipinski definition) is 3. The van der Waals surface area contributed by atoms with Gasteiger partial charge in [-0.25, -0.2) is 4.99 Å². The first-order valence-electron chi connectivity index (χ1n) is 6.23. The molecule has 1 aliphatic heterocycles. The standard InChI is InChI=1S/C11H18N2O3.BH3O2.ClH.Na/c1-4-6-7(3)11(5-2)8(14)12-10(16)13-9(11)15;2-1-3;;/h7H,4-6H2,1-3H3,(H2,12,13,14,15,16);1-3H;1H;/q;;;+1/p-1. The Morgan fingerprint density at radius 2 is 1.86 bits per heavy atom. The Morgan fingerprint density at radius 1 is 1.38 bits per heavy atom. The third-order valence-electron chi connectivity index (χ3n) is 3.33. The Hall–Kier alpha value is -0.115. The van der Waals surface area contributed by atoms with E-state index in [1.165, 1.54) is 0 Å². The number of carbonyl (C=O) groups is 2. The Kier molecular flexibility index (Phi) is 15.3. The minimum Gasteiger partial charge on any atom is -0.846 e. The number of halogens is 1. The summed E-state index contributed by atoms with van der Waals surface area (Å²) in [6.45, 7) is 5.62. The minimum atomic E-state index is -1.15. The molecule has 10 heteroatoms. The molecule has 0 spiro atoms. The molecule has 0 aromatic heterocycles. The first-order valence-corrected chi connectivity index (χ1v) is 6.23. The van der Waals surface area contributed by atoms with E-state index in [1.807, 2.05) is 13.8 Å². The molecule has 0 aromatic rings. The van der Waals surface area contributed by atoms with E-state index in [9.17, 15) is 14.7 Å². The SMILES string of the molecule is CCCC(C)C1(CC)C(=O)N=C([O-])NC1=O.Cl.OBO.[Na+]. The number of rotatable bonds is 4. The van der Waals surface area contributed by atoms with Crippen molar-refractivity contribution in [2.45, 2.75) is 40.0 Å². The summed E-state index contributed by atoms with van der Waals surface area (Å²) in [5.74, 6) is -1.20. The predicted octanol–water partition coefficient (Wildman–Crippen LogP) is -4.14. The van der Waals surface area contributed by atoms with Crippen molar-refractivity contribution in [1.29, 1.82) is 0 Å². The van der Waals surface area contributed by atoms with Crippen molar-refractivity contribution in [2.24, 2.45) is 16.3 Å². The van der Waals surface area contributed by atoms with Gasteiger partial charge in [0.05, 0.1) is 6.02 Å². The Morgan fingerprint density at radius 3 is 2.19 bits per heavy atom. The van der Waals surface area contributed by atoms with Gasteiger partial charge < -0.3 is 20.5 Å². The molecule has 0 saturated carbocycles. The minimum absolute atomic E-state index is 0. The molecule has 0 aliphatic carbocycles. The fourth-order valence-electron chi connectivity index (χ4n) is 2.30. The molecule has 1 rings (SSSR count). The van der Waals surface area contributed by atoms with E-state index >= 15 is 0 Å². The monoisotopic (exact) mass is 330 g/mol. The molecule has 0 aromatic carbocycles. The Labute approximate surface area is 153 Å². The maximum Gasteiger partial charge on any atom is 1.00 e. The molecule has 0 bridgehead atoms. The Bertz CT molecular complexity index is 373. The zero-order valence-electron chi connectivity index (χ0n) is 12.9. The molecule has 1 heterocycles. The van der Waals surface area contributed by atoms with E-state index < -0.39 is 30.9 Å². The van der Waals surface area contributed by atoms with Crippen LogP contribution in [0.3, 0.4) is 0 Å². The molecule has 116 valence electrons. The van der Waals surface area contributed by atoms with Crippen LogP contribution < -0.4 is 40.0 Å². The van der Waals surface area contributed by atoms with Gasteiger partial charge in [-0.2, -0.15) is 0 Å². The van der Waals surface area contributed by atoms with E-state index in [2.05, 4.69) is 10.3 Å². The van der Waals surface area contributed by atoms with Gasteiger partial charge >= 0.3 is 37.2 Å². The summed E-state index contributed by atoms with van der Waals surface area (Å²) in [5, 5.41) is 27.3. The maximum absolute atomic E-state index is 11.9. The van der Waals surface area contributed by atoms with Crippen LogP contribution in [0.4, 0.5) is 0 Å². The smallest absolute Gasteiger partial charge is 0.846 e. The van der Waals surface area contributed by atoms with E-state index in [0.717, 1.165) is 12.8 Å². The van der Waals surface area contributed by atoms with Crippen molar-refractivity contribution < 1.29 is 54.3 Å². The summed E-state index contributed by atoms with van der Waals surface area (Å²) in [4.78, 5) is 27.1. The average molecular weight is 331 g/mol. The maximum atomic E-state index is 11.9. The van der Waals surface area contributed by atoms with Crippen molar-refractivity contribution in [3.05, 3.63) is 0 Å². The number of nitrogens with one attached hydrogen (secondary N) is 1. The third kappa shape index (κ3) is 6.26. The molecular weight excluding hydrogens is 309 g/mol. The van der Waals surface area contributed by atoms with E-state index in [1.54, 1.807) is 6.92 Å². The zero-order valence-corrected chi connectivity index (χ0v) is 15.7.